The van der Waals surface area contributed by atoms with Gasteiger partial charge in [0.05, 0.1) is 0 Å². The third kappa shape index (κ3) is 5.02. The zero-order chi connectivity index (χ0) is 6.41. The third-order valence-electron chi connectivity index (χ3n) is 0.606. The van der Waals surface area contributed by atoms with Crippen LogP contribution in [0.25, 0.3) is 0 Å². The van der Waals surface area contributed by atoms with Gasteiger partial charge in [0.2, 0.25) is 0 Å². The van der Waals surface area contributed by atoms with E-state index in [1.807, 2.05) is 25.2 Å². The summed E-state index contributed by atoms with van der Waals surface area (Å²) in [6, 6.07) is 0. The number of nitrogens with two attached hydrogens (primary N) is 1. The van der Waals surface area contributed by atoms with E-state index in [4.69, 9.17) is 5.73 Å². The molecule has 44 valence electrons. The normalized spacial score (nSPS) is 12.4. The van der Waals surface area contributed by atoms with Crippen molar-refractivity contribution < 1.29 is 0 Å². The monoisotopic (exact) mass is 109 g/mol. The molecule has 1 heteroatoms. The molecule has 0 unspecified atom stereocenters. The van der Waals surface area contributed by atoms with Gasteiger partial charge in [0.1, 0.15) is 0 Å². The fraction of sp³-hybridized carbons (Fsp3) is 0.143. The van der Waals surface area contributed by atoms with Crippen molar-refractivity contribution in [2.75, 3.05) is 0 Å². The second-order valence-electron chi connectivity index (χ2n) is 1.53. The van der Waals surface area contributed by atoms with E-state index in [0.29, 0.717) is 0 Å². The maximum absolute atomic E-state index is 5.31. The summed E-state index contributed by atoms with van der Waals surface area (Å²) < 4.78 is 0. The molecule has 0 radical (unpaired) electrons. The SMILES string of the molecule is C=C/C=C\C=C(C)N. The summed E-state index contributed by atoms with van der Waals surface area (Å²) in [6.45, 7) is 5.34. The maximum atomic E-state index is 5.31. The Hall–Kier alpha value is -0.980. The highest BCUT2D eigenvalue weighted by molar-refractivity contribution is 5.11. The van der Waals surface area contributed by atoms with Crippen LogP contribution in [0.5, 0.6) is 0 Å². The van der Waals surface area contributed by atoms with Gasteiger partial charge >= 0.3 is 0 Å². The van der Waals surface area contributed by atoms with Crippen molar-refractivity contribution in [1.82, 2.24) is 0 Å². The van der Waals surface area contributed by atoms with Crippen LogP contribution in [0.3, 0.4) is 0 Å². The van der Waals surface area contributed by atoms with Gasteiger partial charge in [0, 0.05) is 5.70 Å². The smallest absolute Gasteiger partial charge is 0.00488 e. The molecule has 0 aromatic rings. The standard InChI is InChI=1S/C7H11N/c1-3-4-5-6-7(2)8/h3-6H,1,8H2,2H3/b5-4-,7-6?. The Kier molecular flexibility index (Phi) is 3.67. The summed E-state index contributed by atoms with van der Waals surface area (Å²) in [4.78, 5) is 0. The molecule has 0 amide bonds. The molecule has 0 saturated heterocycles. The van der Waals surface area contributed by atoms with E-state index in [0.717, 1.165) is 5.70 Å². The molecule has 1 nitrogen and oxygen atoms in total. The average molecular weight is 109 g/mol. The van der Waals surface area contributed by atoms with E-state index in [2.05, 4.69) is 6.58 Å². The number of rotatable bonds is 2. The van der Waals surface area contributed by atoms with Gasteiger partial charge in [-0.3, -0.25) is 0 Å². The molecular formula is C7H11N. The first-order valence-electron chi connectivity index (χ1n) is 2.49. The summed E-state index contributed by atoms with van der Waals surface area (Å²) in [5, 5.41) is 0. The Morgan fingerprint density at radius 3 is 2.50 bits per heavy atom. The minimum Gasteiger partial charge on any atom is -0.402 e. The highest BCUT2D eigenvalue weighted by atomic mass is 14.5. The van der Waals surface area contributed by atoms with Gasteiger partial charge in [0.15, 0.2) is 0 Å². The van der Waals surface area contributed by atoms with Crippen molar-refractivity contribution in [2.45, 2.75) is 6.92 Å². The van der Waals surface area contributed by atoms with E-state index in [1.165, 1.54) is 0 Å². The Morgan fingerprint density at radius 2 is 2.12 bits per heavy atom. The largest absolute Gasteiger partial charge is 0.402 e. The first-order valence-corrected chi connectivity index (χ1v) is 2.49. The molecule has 8 heavy (non-hydrogen) atoms. The molecule has 0 aliphatic heterocycles. The lowest BCUT2D eigenvalue weighted by molar-refractivity contribution is 1.32. The quantitative estimate of drug-likeness (QED) is 0.535. The van der Waals surface area contributed by atoms with Gasteiger partial charge < -0.3 is 5.73 Å². The van der Waals surface area contributed by atoms with Crippen LogP contribution in [-0.4, -0.2) is 0 Å². The van der Waals surface area contributed by atoms with E-state index < -0.39 is 0 Å². The Morgan fingerprint density at radius 1 is 1.50 bits per heavy atom. The molecule has 0 spiro atoms. The van der Waals surface area contributed by atoms with Crippen molar-refractivity contribution in [1.29, 1.82) is 0 Å². The van der Waals surface area contributed by atoms with E-state index in [-0.39, 0.29) is 0 Å². The van der Waals surface area contributed by atoms with Gasteiger partial charge in [-0.15, -0.1) is 0 Å². The Labute approximate surface area is 50.2 Å². The number of hydrogen-bond acceptors (Lipinski definition) is 1. The van der Waals surface area contributed by atoms with Gasteiger partial charge in [-0.05, 0) is 13.0 Å². The van der Waals surface area contributed by atoms with Gasteiger partial charge in [0.25, 0.3) is 0 Å². The first kappa shape index (κ1) is 7.02. The minimum atomic E-state index is 0.808. The molecule has 0 aromatic heterocycles. The molecule has 0 aliphatic rings. The lowest BCUT2D eigenvalue weighted by Gasteiger charge is -1.80. The van der Waals surface area contributed by atoms with Crippen LogP contribution in [0.15, 0.2) is 36.6 Å². The fourth-order valence-electron chi connectivity index (χ4n) is 0.286. The molecule has 0 heterocycles. The number of hydrogen-bond donors (Lipinski definition) is 1. The van der Waals surface area contributed by atoms with Crippen LogP contribution >= 0.6 is 0 Å². The Balaban J connectivity index is 3.57. The fourth-order valence-corrected chi connectivity index (χ4v) is 0.286. The van der Waals surface area contributed by atoms with Gasteiger partial charge in [-0.2, -0.15) is 0 Å². The summed E-state index contributed by atoms with van der Waals surface area (Å²) in [6.07, 6.45) is 7.21. The minimum absolute atomic E-state index is 0.808. The molecule has 0 atom stereocenters. The second kappa shape index (κ2) is 4.19. The predicted octanol–water partition coefficient (Wildman–Crippen LogP) is 1.59. The van der Waals surface area contributed by atoms with Crippen molar-refractivity contribution in [3.05, 3.63) is 36.6 Å². The molecule has 0 fully saturated rings. The highest BCUT2D eigenvalue weighted by Crippen LogP contribution is 1.80. The molecule has 0 bridgehead atoms. The lowest BCUT2D eigenvalue weighted by Crippen LogP contribution is -1.87. The van der Waals surface area contributed by atoms with Crippen molar-refractivity contribution >= 4 is 0 Å². The van der Waals surface area contributed by atoms with Crippen molar-refractivity contribution in [3.8, 4) is 0 Å². The van der Waals surface area contributed by atoms with Crippen LogP contribution in [0.4, 0.5) is 0 Å². The molecule has 0 saturated carbocycles. The lowest BCUT2D eigenvalue weighted by atomic mass is 10.4. The van der Waals surface area contributed by atoms with Crippen LogP contribution in [-0.2, 0) is 0 Å². The summed E-state index contributed by atoms with van der Waals surface area (Å²) in [5.41, 5.74) is 6.12. The molecule has 0 rings (SSSR count). The van der Waals surface area contributed by atoms with Crippen LogP contribution in [0.1, 0.15) is 6.92 Å². The highest BCUT2D eigenvalue weighted by Gasteiger charge is 1.66. The molecular weight excluding hydrogens is 98.1 g/mol. The van der Waals surface area contributed by atoms with Crippen molar-refractivity contribution in [3.63, 3.8) is 0 Å². The van der Waals surface area contributed by atoms with Gasteiger partial charge in [-0.1, -0.05) is 24.8 Å². The topological polar surface area (TPSA) is 26.0 Å². The summed E-state index contributed by atoms with van der Waals surface area (Å²) >= 11 is 0. The van der Waals surface area contributed by atoms with Crippen molar-refractivity contribution in [2.24, 2.45) is 5.73 Å². The van der Waals surface area contributed by atoms with E-state index in [1.54, 1.807) is 6.08 Å². The van der Waals surface area contributed by atoms with Gasteiger partial charge in [-0.25, -0.2) is 0 Å². The van der Waals surface area contributed by atoms with Crippen LogP contribution in [0.2, 0.25) is 0 Å². The zero-order valence-electron chi connectivity index (χ0n) is 5.09. The third-order valence-corrected chi connectivity index (χ3v) is 0.606. The van der Waals surface area contributed by atoms with E-state index in [9.17, 15) is 0 Å². The zero-order valence-corrected chi connectivity index (χ0v) is 5.09. The first-order chi connectivity index (χ1) is 3.77. The molecule has 0 aliphatic carbocycles. The number of allylic oxidation sites excluding steroid dienone is 5. The molecule has 2 N–H and O–H groups in total. The summed E-state index contributed by atoms with van der Waals surface area (Å²) in [7, 11) is 0. The second-order valence-corrected chi connectivity index (χ2v) is 1.53. The predicted molar refractivity (Wildman–Crippen MR) is 37.3 cm³/mol. The van der Waals surface area contributed by atoms with Crippen LogP contribution < -0.4 is 5.73 Å². The summed E-state index contributed by atoms with van der Waals surface area (Å²) in [5.74, 6) is 0. The Bertz CT molecular complexity index is 116. The molecule has 0 aromatic carbocycles. The van der Waals surface area contributed by atoms with E-state index >= 15 is 0 Å². The average Bonchev–Trinajstić information content (AvgIpc) is 1.66. The van der Waals surface area contributed by atoms with Crippen LogP contribution in [0, 0.1) is 0 Å². The maximum Gasteiger partial charge on any atom is 0.00488 e.